The number of anilines is 1. The van der Waals surface area contributed by atoms with Crippen LogP contribution in [-0.4, -0.2) is 16.4 Å². The molecule has 0 aliphatic heterocycles. The average molecular weight is 296 g/mol. The molecular weight excluding hydrogens is 282 g/mol. The van der Waals surface area contributed by atoms with Gasteiger partial charge in [0.15, 0.2) is 0 Å². The minimum absolute atomic E-state index is 0.531. The van der Waals surface area contributed by atoms with Crippen molar-refractivity contribution in [2.75, 3.05) is 12.3 Å². The molecule has 5 heteroatoms. The molecular formula is C12H14BrN3O. The number of nitrogens with two attached hydrogens (primary N) is 1. The van der Waals surface area contributed by atoms with Crippen molar-refractivity contribution in [2.24, 2.45) is 0 Å². The van der Waals surface area contributed by atoms with Crippen LogP contribution >= 0.6 is 15.9 Å². The average Bonchev–Trinajstić information content (AvgIpc) is 2.69. The predicted octanol–water partition coefficient (Wildman–Crippen LogP) is 2.62. The summed E-state index contributed by atoms with van der Waals surface area (Å²) >= 11 is 3.42. The summed E-state index contributed by atoms with van der Waals surface area (Å²) in [6.07, 6.45) is 1.84. The van der Waals surface area contributed by atoms with Gasteiger partial charge in [0.05, 0.1) is 6.54 Å². The van der Waals surface area contributed by atoms with Crippen LogP contribution in [0.25, 0.3) is 0 Å². The molecule has 0 spiro atoms. The van der Waals surface area contributed by atoms with Gasteiger partial charge in [-0.1, -0.05) is 22.0 Å². The summed E-state index contributed by atoms with van der Waals surface area (Å²) in [5, 5.41) is 4.09. The van der Waals surface area contributed by atoms with Crippen molar-refractivity contribution in [3.63, 3.8) is 0 Å². The third kappa shape index (κ3) is 3.23. The summed E-state index contributed by atoms with van der Waals surface area (Å²) in [5.41, 5.74) is 6.65. The molecule has 1 heterocycles. The van der Waals surface area contributed by atoms with Crippen LogP contribution in [0.2, 0.25) is 0 Å². The number of hydrogen-bond acceptors (Lipinski definition) is 3. The second kappa shape index (κ2) is 5.23. The Labute approximate surface area is 109 Å². The van der Waals surface area contributed by atoms with Crippen LogP contribution in [0, 0.1) is 6.92 Å². The summed E-state index contributed by atoms with van der Waals surface area (Å²) in [4.78, 5) is 0. The Morgan fingerprint density at radius 2 is 2.24 bits per heavy atom. The number of aromatic nitrogens is 2. The molecule has 1 aromatic heterocycles. The first-order valence-electron chi connectivity index (χ1n) is 5.33. The molecule has 0 saturated carbocycles. The zero-order chi connectivity index (χ0) is 12.3. The van der Waals surface area contributed by atoms with E-state index in [1.165, 1.54) is 0 Å². The highest BCUT2D eigenvalue weighted by molar-refractivity contribution is 9.10. The zero-order valence-electron chi connectivity index (χ0n) is 9.56. The summed E-state index contributed by atoms with van der Waals surface area (Å²) in [7, 11) is 0. The monoisotopic (exact) mass is 295 g/mol. The van der Waals surface area contributed by atoms with Gasteiger partial charge in [-0.25, -0.2) is 0 Å². The van der Waals surface area contributed by atoms with Crippen molar-refractivity contribution in [3.05, 3.63) is 40.5 Å². The lowest BCUT2D eigenvalue weighted by Gasteiger charge is -2.09. The van der Waals surface area contributed by atoms with Crippen LogP contribution in [0.15, 0.2) is 34.9 Å². The fourth-order valence-corrected chi connectivity index (χ4v) is 1.82. The molecule has 2 rings (SSSR count). The summed E-state index contributed by atoms with van der Waals surface area (Å²) in [6.45, 7) is 3.27. The number of aryl methyl sites for hydroxylation is 1. The molecule has 90 valence electrons. The van der Waals surface area contributed by atoms with Crippen molar-refractivity contribution in [1.29, 1.82) is 0 Å². The third-order valence-corrected chi connectivity index (χ3v) is 2.88. The van der Waals surface area contributed by atoms with E-state index in [0.29, 0.717) is 19.0 Å². The van der Waals surface area contributed by atoms with Gasteiger partial charge in [-0.2, -0.15) is 5.10 Å². The molecule has 0 unspecified atom stereocenters. The molecule has 0 radical (unpaired) electrons. The van der Waals surface area contributed by atoms with Gasteiger partial charge in [-0.05, 0) is 30.7 Å². The van der Waals surface area contributed by atoms with E-state index in [-0.39, 0.29) is 0 Å². The lowest BCUT2D eigenvalue weighted by molar-refractivity contribution is 0.289. The van der Waals surface area contributed by atoms with E-state index in [2.05, 4.69) is 21.0 Å². The molecule has 0 atom stereocenters. The van der Waals surface area contributed by atoms with Gasteiger partial charge in [-0.15, -0.1) is 0 Å². The topological polar surface area (TPSA) is 53.1 Å². The molecule has 4 nitrogen and oxygen atoms in total. The molecule has 0 amide bonds. The SMILES string of the molecule is Cc1ccc(Br)cc1OCCn1ccc(N)n1. The van der Waals surface area contributed by atoms with Crippen LogP contribution in [0.5, 0.6) is 5.75 Å². The highest BCUT2D eigenvalue weighted by atomic mass is 79.9. The number of halogens is 1. The molecule has 2 aromatic rings. The first kappa shape index (κ1) is 12.0. The minimum atomic E-state index is 0.531. The number of nitrogens with zero attached hydrogens (tertiary/aromatic N) is 2. The number of ether oxygens (including phenoxy) is 1. The second-order valence-electron chi connectivity index (χ2n) is 3.76. The van der Waals surface area contributed by atoms with Gasteiger partial charge < -0.3 is 10.5 Å². The molecule has 0 aliphatic carbocycles. The largest absolute Gasteiger partial charge is 0.491 e. The van der Waals surface area contributed by atoms with E-state index in [0.717, 1.165) is 15.8 Å². The standard InChI is InChI=1S/C12H14BrN3O/c1-9-2-3-10(13)8-11(9)17-7-6-16-5-4-12(14)15-16/h2-5,8H,6-7H2,1H3,(H2,14,15). The predicted molar refractivity (Wildman–Crippen MR) is 71.0 cm³/mol. The van der Waals surface area contributed by atoms with Gasteiger partial charge in [0.1, 0.15) is 18.2 Å². The van der Waals surface area contributed by atoms with E-state index in [1.807, 2.05) is 31.3 Å². The Morgan fingerprint density at radius 1 is 1.41 bits per heavy atom. The number of rotatable bonds is 4. The smallest absolute Gasteiger partial charge is 0.145 e. The Kier molecular flexibility index (Phi) is 3.68. The number of hydrogen-bond donors (Lipinski definition) is 1. The maximum Gasteiger partial charge on any atom is 0.145 e. The van der Waals surface area contributed by atoms with Crippen molar-refractivity contribution in [2.45, 2.75) is 13.5 Å². The Bertz CT molecular complexity index is 510. The van der Waals surface area contributed by atoms with E-state index >= 15 is 0 Å². The molecule has 2 N–H and O–H groups in total. The molecule has 1 aromatic carbocycles. The van der Waals surface area contributed by atoms with Crippen LogP contribution in [0.1, 0.15) is 5.56 Å². The lowest BCUT2D eigenvalue weighted by atomic mass is 10.2. The van der Waals surface area contributed by atoms with Gasteiger partial charge in [0.25, 0.3) is 0 Å². The van der Waals surface area contributed by atoms with Crippen molar-refractivity contribution in [3.8, 4) is 5.75 Å². The van der Waals surface area contributed by atoms with Crippen LogP contribution in [0.4, 0.5) is 5.82 Å². The zero-order valence-corrected chi connectivity index (χ0v) is 11.1. The summed E-state index contributed by atoms with van der Waals surface area (Å²) < 4.78 is 8.48. The highest BCUT2D eigenvalue weighted by Crippen LogP contribution is 2.22. The van der Waals surface area contributed by atoms with Gasteiger partial charge >= 0.3 is 0 Å². The maximum absolute atomic E-state index is 5.70. The quantitative estimate of drug-likeness (QED) is 0.943. The van der Waals surface area contributed by atoms with Crippen molar-refractivity contribution >= 4 is 21.7 Å². The summed E-state index contributed by atoms with van der Waals surface area (Å²) in [5.74, 6) is 1.42. The van der Waals surface area contributed by atoms with E-state index < -0.39 is 0 Å². The van der Waals surface area contributed by atoms with E-state index in [1.54, 1.807) is 10.7 Å². The minimum Gasteiger partial charge on any atom is -0.491 e. The first-order valence-corrected chi connectivity index (χ1v) is 6.12. The van der Waals surface area contributed by atoms with Gasteiger partial charge in [0.2, 0.25) is 0 Å². The first-order chi connectivity index (χ1) is 8.15. The molecule has 0 bridgehead atoms. The number of nitrogen functional groups attached to an aromatic ring is 1. The number of benzene rings is 1. The second-order valence-corrected chi connectivity index (χ2v) is 4.68. The normalized spacial score (nSPS) is 10.5. The van der Waals surface area contributed by atoms with E-state index in [4.69, 9.17) is 10.5 Å². The van der Waals surface area contributed by atoms with Gasteiger partial charge in [0, 0.05) is 10.7 Å². The Hall–Kier alpha value is -1.49. The lowest BCUT2D eigenvalue weighted by Crippen LogP contribution is -2.09. The Balaban J connectivity index is 1.91. The third-order valence-electron chi connectivity index (χ3n) is 2.39. The Morgan fingerprint density at radius 3 is 2.94 bits per heavy atom. The summed E-state index contributed by atoms with van der Waals surface area (Å²) in [6, 6.07) is 7.75. The molecule has 0 fully saturated rings. The molecule has 17 heavy (non-hydrogen) atoms. The van der Waals surface area contributed by atoms with Crippen molar-refractivity contribution < 1.29 is 4.74 Å². The van der Waals surface area contributed by atoms with Crippen LogP contribution < -0.4 is 10.5 Å². The fourth-order valence-electron chi connectivity index (χ4n) is 1.48. The highest BCUT2D eigenvalue weighted by Gasteiger charge is 2.01. The van der Waals surface area contributed by atoms with Crippen LogP contribution in [-0.2, 0) is 6.54 Å². The van der Waals surface area contributed by atoms with Gasteiger partial charge in [-0.3, -0.25) is 4.68 Å². The van der Waals surface area contributed by atoms with Crippen molar-refractivity contribution in [1.82, 2.24) is 9.78 Å². The fraction of sp³-hybridized carbons (Fsp3) is 0.250. The maximum atomic E-state index is 5.70. The van der Waals surface area contributed by atoms with Crippen LogP contribution in [0.3, 0.4) is 0 Å². The molecule has 0 saturated heterocycles. The van der Waals surface area contributed by atoms with E-state index in [9.17, 15) is 0 Å². The molecule has 0 aliphatic rings.